The van der Waals surface area contributed by atoms with Crippen LogP contribution in [0, 0.1) is 21.4 Å². The monoisotopic (exact) mass is 471 g/mol. The van der Waals surface area contributed by atoms with Crippen LogP contribution >= 0.6 is 0 Å². The molecule has 4 fully saturated rings. The van der Waals surface area contributed by atoms with Crippen LogP contribution in [0.3, 0.4) is 0 Å². The number of piperazine rings is 1. The number of carbonyl (C=O) groups excluding carboxylic acids is 3. The molecule has 3 atom stereocenters. The highest BCUT2D eigenvalue weighted by molar-refractivity contribution is 6.27. The Kier molecular flexibility index (Phi) is 4.26. The molecule has 2 spiro atoms. The summed E-state index contributed by atoms with van der Waals surface area (Å²) < 4.78 is 0. The number of nitrogens with one attached hydrogen (secondary N) is 1. The quantitative estimate of drug-likeness (QED) is 0.544. The van der Waals surface area contributed by atoms with Gasteiger partial charge in [-0.1, -0.05) is 50.2 Å². The van der Waals surface area contributed by atoms with Gasteiger partial charge in [0.25, 0.3) is 11.6 Å². The Hall–Kier alpha value is -3.81. The van der Waals surface area contributed by atoms with E-state index in [0.717, 1.165) is 6.42 Å². The van der Waals surface area contributed by atoms with E-state index in [1.165, 1.54) is 6.08 Å². The number of nitrogens with zero attached hydrogens (tertiary/aromatic N) is 2. The molecule has 0 saturated carbocycles. The van der Waals surface area contributed by atoms with E-state index >= 15 is 0 Å². The molecule has 5 aliphatic rings. The summed E-state index contributed by atoms with van der Waals surface area (Å²) in [5.41, 5.74) is -2.18. The number of para-hydroxylation sites is 1. The van der Waals surface area contributed by atoms with Crippen molar-refractivity contribution in [3.63, 3.8) is 0 Å². The molecule has 4 saturated heterocycles. The largest absolute Gasteiger partial charge is 0.336 e. The first-order chi connectivity index (χ1) is 16.6. The average molecular weight is 472 g/mol. The number of rotatable bonds is 3. The highest BCUT2D eigenvalue weighted by Crippen LogP contribution is 2.58. The Labute approximate surface area is 202 Å². The normalized spacial score (nSPS) is 30.5. The molecular weight excluding hydrogens is 446 g/mol. The van der Waals surface area contributed by atoms with Crippen molar-refractivity contribution < 1.29 is 19.3 Å². The summed E-state index contributed by atoms with van der Waals surface area (Å²) >= 11 is 0. The number of nitro benzene ring substituents is 1. The van der Waals surface area contributed by atoms with Gasteiger partial charge >= 0.3 is 0 Å². The van der Waals surface area contributed by atoms with Gasteiger partial charge < -0.3 is 10.2 Å². The van der Waals surface area contributed by atoms with Crippen LogP contribution < -0.4 is 5.32 Å². The van der Waals surface area contributed by atoms with Gasteiger partial charge in [-0.15, -0.1) is 0 Å². The SMILES string of the molecule is CC1(C)C(=O)C(c2cccc(-c3ccccc3)c2[N+](=O)[O-])=CC23NC(=O)C4(CCCN4C2=O)CC13. The summed E-state index contributed by atoms with van der Waals surface area (Å²) in [7, 11) is 0. The molecule has 4 aliphatic heterocycles. The molecule has 8 nitrogen and oxygen atoms in total. The number of hydrogen-bond acceptors (Lipinski definition) is 5. The van der Waals surface area contributed by atoms with Crippen LogP contribution in [0.2, 0.25) is 0 Å². The van der Waals surface area contributed by atoms with E-state index in [-0.39, 0.29) is 34.4 Å². The zero-order valence-electron chi connectivity index (χ0n) is 19.5. The molecule has 2 aromatic rings. The van der Waals surface area contributed by atoms with Crippen LogP contribution in [0.15, 0.2) is 54.6 Å². The summed E-state index contributed by atoms with van der Waals surface area (Å²) in [5.74, 6) is -1.09. The van der Waals surface area contributed by atoms with E-state index in [4.69, 9.17) is 0 Å². The number of benzene rings is 2. The molecule has 2 bridgehead atoms. The van der Waals surface area contributed by atoms with Gasteiger partial charge in [0.15, 0.2) is 5.78 Å². The van der Waals surface area contributed by atoms with E-state index < -0.39 is 27.3 Å². The highest BCUT2D eigenvalue weighted by atomic mass is 16.6. The minimum absolute atomic E-state index is 0.109. The van der Waals surface area contributed by atoms with Crippen LogP contribution in [-0.2, 0) is 14.4 Å². The third kappa shape index (κ3) is 2.59. The minimum atomic E-state index is -1.40. The fourth-order valence-electron chi connectivity index (χ4n) is 6.86. The van der Waals surface area contributed by atoms with Crippen LogP contribution in [0.1, 0.15) is 38.7 Å². The smallest absolute Gasteiger partial charge is 0.285 e. The molecule has 178 valence electrons. The molecule has 4 heterocycles. The van der Waals surface area contributed by atoms with Gasteiger partial charge in [0.2, 0.25) is 5.91 Å². The first-order valence-electron chi connectivity index (χ1n) is 11.9. The molecule has 2 amide bonds. The Morgan fingerprint density at radius 1 is 1.03 bits per heavy atom. The Morgan fingerprint density at radius 3 is 2.46 bits per heavy atom. The second kappa shape index (κ2) is 6.87. The molecule has 8 heteroatoms. The maximum absolute atomic E-state index is 13.9. The molecule has 1 aliphatic carbocycles. The molecule has 2 aromatic carbocycles. The number of hydrogen-bond donors (Lipinski definition) is 1. The number of amides is 2. The van der Waals surface area contributed by atoms with Gasteiger partial charge in [0.05, 0.1) is 16.1 Å². The lowest BCUT2D eigenvalue weighted by molar-refractivity contribution is -0.384. The number of nitro groups is 1. The van der Waals surface area contributed by atoms with E-state index in [2.05, 4.69) is 5.32 Å². The van der Waals surface area contributed by atoms with Gasteiger partial charge in [0, 0.05) is 23.5 Å². The molecule has 7 rings (SSSR count). The summed E-state index contributed by atoms with van der Waals surface area (Å²) in [4.78, 5) is 54.6. The van der Waals surface area contributed by atoms with E-state index in [0.29, 0.717) is 30.5 Å². The van der Waals surface area contributed by atoms with E-state index in [9.17, 15) is 24.5 Å². The lowest BCUT2D eigenvalue weighted by atomic mass is 9.51. The third-order valence-electron chi connectivity index (χ3n) is 8.59. The summed E-state index contributed by atoms with van der Waals surface area (Å²) in [5, 5.41) is 15.3. The summed E-state index contributed by atoms with van der Waals surface area (Å²) in [6.45, 7) is 4.08. The number of carbonyl (C=O) groups is 3. The van der Waals surface area contributed by atoms with Crippen molar-refractivity contribution in [3.05, 3.63) is 70.3 Å². The van der Waals surface area contributed by atoms with Crippen molar-refractivity contribution in [2.45, 2.75) is 44.2 Å². The van der Waals surface area contributed by atoms with E-state index in [1.54, 1.807) is 61.2 Å². The first-order valence-corrected chi connectivity index (χ1v) is 11.9. The lowest BCUT2D eigenvalue weighted by Gasteiger charge is -2.62. The van der Waals surface area contributed by atoms with Crippen molar-refractivity contribution >= 4 is 28.9 Å². The van der Waals surface area contributed by atoms with Gasteiger partial charge in [-0.05, 0) is 43.0 Å². The topological polar surface area (TPSA) is 110 Å². The fraction of sp³-hybridized carbons (Fsp3) is 0.370. The van der Waals surface area contributed by atoms with Crippen LogP contribution in [-0.4, -0.2) is 45.0 Å². The van der Waals surface area contributed by atoms with Gasteiger partial charge in [0.1, 0.15) is 11.1 Å². The van der Waals surface area contributed by atoms with E-state index in [1.807, 2.05) is 6.07 Å². The Morgan fingerprint density at radius 2 is 1.74 bits per heavy atom. The average Bonchev–Trinajstić information content (AvgIpc) is 3.28. The van der Waals surface area contributed by atoms with Gasteiger partial charge in [-0.3, -0.25) is 24.5 Å². The first kappa shape index (κ1) is 21.7. The minimum Gasteiger partial charge on any atom is -0.336 e. The van der Waals surface area contributed by atoms with Gasteiger partial charge in [-0.25, -0.2) is 0 Å². The number of ketones is 1. The maximum atomic E-state index is 13.9. The fourth-order valence-corrected chi connectivity index (χ4v) is 6.86. The molecular formula is C27H25N3O5. The van der Waals surface area contributed by atoms with Crippen molar-refractivity contribution in [1.82, 2.24) is 10.2 Å². The maximum Gasteiger partial charge on any atom is 0.285 e. The molecule has 1 N–H and O–H groups in total. The molecule has 0 radical (unpaired) electrons. The Bertz CT molecular complexity index is 1360. The highest BCUT2D eigenvalue weighted by Gasteiger charge is 2.72. The molecule has 3 unspecified atom stereocenters. The molecule has 35 heavy (non-hydrogen) atoms. The second-order valence-corrected chi connectivity index (χ2v) is 10.6. The summed E-state index contributed by atoms with van der Waals surface area (Å²) in [6.07, 6.45) is 3.25. The van der Waals surface area contributed by atoms with Crippen LogP contribution in [0.25, 0.3) is 16.7 Å². The number of piperidine rings is 2. The number of Topliss-reactive ketones (excluding diaryl/α,β-unsaturated/α-hetero) is 1. The third-order valence-corrected chi connectivity index (χ3v) is 8.59. The number of allylic oxidation sites excluding steroid dienone is 1. The predicted molar refractivity (Wildman–Crippen MR) is 128 cm³/mol. The van der Waals surface area contributed by atoms with Crippen LogP contribution in [0.4, 0.5) is 5.69 Å². The van der Waals surface area contributed by atoms with Crippen molar-refractivity contribution in [2.75, 3.05) is 6.54 Å². The van der Waals surface area contributed by atoms with Gasteiger partial charge in [-0.2, -0.15) is 0 Å². The van der Waals surface area contributed by atoms with Crippen molar-refractivity contribution in [3.8, 4) is 11.1 Å². The standard InChI is InChI=1S/C27H25N3O5/c1-25(2)20-15-26-12-7-13-29(26)24(33)27(20,28-23(26)32)14-19(22(25)31)18-11-6-10-17(21(18)30(34)35)16-8-4-3-5-9-16/h3-6,8-11,14,20H,7,12-13,15H2,1-2H3,(H,28,32). The van der Waals surface area contributed by atoms with Crippen LogP contribution in [0.5, 0.6) is 0 Å². The predicted octanol–water partition coefficient (Wildman–Crippen LogP) is 3.50. The summed E-state index contributed by atoms with van der Waals surface area (Å²) in [6, 6.07) is 13.9. The molecule has 0 aromatic heterocycles. The second-order valence-electron chi connectivity index (χ2n) is 10.6. The zero-order valence-corrected chi connectivity index (χ0v) is 19.5. The Balaban J connectivity index is 1.60. The van der Waals surface area contributed by atoms with Crippen molar-refractivity contribution in [1.29, 1.82) is 0 Å². The van der Waals surface area contributed by atoms with Crippen molar-refractivity contribution in [2.24, 2.45) is 11.3 Å². The number of fused-ring (bicyclic) bond motifs is 1. The zero-order chi connectivity index (χ0) is 24.8. The lowest BCUT2D eigenvalue weighted by Crippen LogP contribution is -2.83.